The van der Waals surface area contributed by atoms with Crippen LogP contribution < -0.4 is 14.8 Å². The molecule has 3 rings (SSSR count). The summed E-state index contributed by atoms with van der Waals surface area (Å²) in [7, 11) is 0. The van der Waals surface area contributed by atoms with Crippen molar-refractivity contribution >= 4 is 12.0 Å². The number of benzene rings is 1. The van der Waals surface area contributed by atoms with E-state index in [2.05, 4.69) is 5.32 Å². The van der Waals surface area contributed by atoms with Crippen LogP contribution in [0.3, 0.4) is 0 Å². The molecule has 1 fully saturated rings. The Morgan fingerprint density at radius 1 is 1.23 bits per heavy atom. The smallest absolute Gasteiger partial charge is 0.407 e. The van der Waals surface area contributed by atoms with Gasteiger partial charge in [0.2, 0.25) is 6.10 Å². The van der Waals surface area contributed by atoms with Gasteiger partial charge in [-0.15, -0.1) is 0 Å². The Labute approximate surface area is 153 Å². The van der Waals surface area contributed by atoms with Crippen molar-refractivity contribution in [3.63, 3.8) is 0 Å². The average Bonchev–Trinajstić information content (AvgIpc) is 2.59. The van der Waals surface area contributed by atoms with E-state index in [4.69, 9.17) is 14.2 Å². The minimum Gasteiger partial charge on any atom is -0.485 e. The van der Waals surface area contributed by atoms with Crippen molar-refractivity contribution in [1.29, 1.82) is 0 Å². The number of nitrogens with zero attached hydrogens (tertiary/aromatic N) is 1. The summed E-state index contributed by atoms with van der Waals surface area (Å²) in [5.74, 6) is 1.12. The Hall–Kier alpha value is -2.44. The Balaban J connectivity index is 1.56. The van der Waals surface area contributed by atoms with E-state index in [1.54, 1.807) is 11.0 Å². The van der Waals surface area contributed by atoms with Gasteiger partial charge in [-0.3, -0.25) is 4.79 Å². The molecule has 1 N–H and O–H groups in total. The van der Waals surface area contributed by atoms with E-state index in [9.17, 15) is 9.59 Å². The van der Waals surface area contributed by atoms with Gasteiger partial charge in [0, 0.05) is 19.1 Å². The van der Waals surface area contributed by atoms with Gasteiger partial charge in [-0.05, 0) is 45.7 Å². The minimum atomic E-state index is -0.662. The van der Waals surface area contributed by atoms with Crippen LogP contribution in [0.5, 0.6) is 11.5 Å². The third kappa shape index (κ3) is 4.59. The lowest BCUT2D eigenvalue weighted by Gasteiger charge is -2.36. The van der Waals surface area contributed by atoms with Crippen molar-refractivity contribution in [2.75, 3.05) is 19.7 Å². The molecule has 142 valence electrons. The number of piperidine rings is 1. The standard InChI is InChI=1S/C19H26N2O5/c1-19(2,3)26-18(23)20-13-7-6-10-21(11-13)17(22)16-12-24-14-8-4-5-9-15(14)25-16/h4-5,8-9,13,16H,6-7,10-12H2,1-3H3,(H,20,23)/t13-,16-/m1/s1. The van der Waals surface area contributed by atoms with Crippen LogP contribution in [0.25, 0.3) is 0 Å². The number of rotatable bonds is 2. The second kappa shape index (κ2) is 7.43. The molecule has 2 amide bonds. The minimum absolute atomic E-state index is 0.116. The lowest BCUT2D eigenvalue weighted by atomic mass is 10.1. The molecule has 2 aliphatic heterocycles. The van der Waals surface area contributed by atoms with E-state index < -0.39 is 17.8 Å². The van der Waals surface area contributed by atoms with Gasteiger partial charge < -0.3 is 24.4 Å². The van der Waals surface area contributed by atoms with E-state index in [-0.39, 0.29) is 18.6 Å². The van der Waals surface area contributed by atoms with Crippen molar-refractivity contribution in [1.82, 2.24) is 10.2 Å². The van der Waals surface area contributed by atoms with E-state index in [0.29, 0.717) is 24.6 Å². The topological polar surface area (TPSA) is 77.1 Å². The van der Waals surface area contributed by atoms with Crippen LogP contribution in [0.15, 0.2) is 24.3 Å². The summed E-state index contributed by atoms with van der Waals surface area (Å²) >= 11 is 0. The van der Waals surface area contributed by atoms with Crippen LogP contribution in [-0.4, -0.2) is 54.3 Å². The van der Waals surface area contributed by atoms with Gasteiger partial charge in [0.1, 0.15) is 12.2 Å². The van der Waals surface area contributed by atoms with Crippen molar-refractivity contribution in [3.8, 4) is 11.5 Å². The fourth-order valence-corrected chi connectivity index (χ4v) is 3.11. The summed E-state index contributed by atoms with van der Waals surface area (Å²) in [6.07, 6.45) is 0.512. The summed E-state index contributed by atoms with van der Waals surface area (Å²) in [6, 6.07) is 7.19. The summed E-state index contributed by atoms with van der Waals surface area (Å²) in [5, 5.41) is 2.85. The molecule has 2 atom stereocenters. The Bertz CT molecular complexity index is 670. The monoisotopic (exact) mass is 362 g/mol. The lowest BCUT2D eigenvalue weighted by molar-refractivity contribution is -0.142. The molecule has 0 aliphatic carbocycles. The fraction of sp³-hybridized carbons (Fsp3) is 0.579. The molecule has 0 spiro atoms. The number of hydrogen-bond acceptors (Lipinski definition) is 5. The maximum Gasteiger partial charge on any atom is 0.407 e. The van der Waals surface area contributed by atoms with Crippen molar-refractivity contribution in [2.24, 2.45) is 0 Å². The highest BCUT2D eigenvalue weighted by Crippen LogP contribution is 2.31. The van der Waals surface area contributed by atoms with E-state index >= 15 is 0 Å². The van der Waals surface area contributed by atoms with Gasteiger partial charge >= 0.3 is 6.09 Å². The number of alkyl carbamates (subject to hydrolysis) is 1. The largest absolute Gasteiger partial charge is 0.485 e. The lowest BCUT2D eigenvalue weighted by Crippen LogP contribution is -2.54. The van der Waals surface area contributed by atoms with Crippen LogP contribution in [-0.2, 0) is 9.53 Å². The number of ether oxygens (including phenoxy) is 3. The summed E-state index contributed by atoms with van der Waals surface area (Å²) < 4.78 is 16.7. The van der Waals surface area contributed by atoms with Crippen molar-refractivity contribution in [2.45, 2.75) is 51.4 Å². The Morgan fingerprint density at radius 3 is 2.69 bits per heavy atom. The second-order valence-electron chi connectivity index (χ2n) is 7.63. The molecule has 2 heterocycles. The van der Waals surface area contributed by atoms with Gasteiger partial charge in [0.15, 0.2) is 11.5 Å². The third-order valence-corrected chi connectivity index (χ3v) is 4.24. The Morgan fingerprint density at radius 2 is 1.96 bits per heavy atom. The average molecular weight is 362 g/mol. The van der Waals surface area contributed by atoms with Crippen molar-refractivity contribution < 1.29 is 23.8 Å². The van der Waals surface area contributed by atoms with Gasteiger partial charge in [-0.25, -0.2) is 4.79 Å². The molecule has 1 aromatic carbocycles. The highest BCUT2D eigenvalue weighted by Gasteiger charge is 2.34. The number of amides is 2. The number of para-hydroxylation sites is 2. The fourth-order valence-electron chi connectivity index (χ4n) is 3.11. The summed E-state index contributed by atoms with van der Waals surface area (Å²) in [6.45, 7) is 6.74. The van der Waals surface area contributed by atoms with Gasteiger partial charge in [-0.2, -0.15) is 0 Å². The molecule has 1 aromatic rings. The second-order valence-corrected chi connectivity index (χ2v) is 7.63. The number of fused-ring (bicyclic) bond motifs is 1. The molecule has 0 unspecified atom stereocenters. The predicted octanol–water partition coefficient (Wildman–Crippen LogP) is 2.34. The predicted molar refractivity (Wildman–Crippen MR) is 95.3 cm³/mol. The maximum atomic E-state index is 12.8. The van der Waals surface area contributed by atoms with Crippen LogP contribution >= 0.6 is 0 Å². The molecule has 0 aromatic heterocycles. The van der Waals surface area contributed by atoms with Gasteiger partial charge in [0.05, 0.1) is 0 Å². The van der Waals surface area contributed by atoms with E-state index in [1.807, 2.05) is 39.0 Å². The molecule has 0 bridgehead atoms. The van der Waals surface area contributed by atoms with E-state index in [0.717, 1.165) is 12.8 Å². The molecule has 0 saturated carbocycles. The van der Waals surface area contributed by atoms with Crippen LogP contribution in [0.2, 0.25) is 0 Å². The molecular weight excluding hydrogens is 336 g/mol. The number of nitrogens with one attached hydrogen (secondary N) is 1. The highest BCUT2D eigenvalue weighted by atomic mass is 16.6. The molecule has 2 aliphatic rings. The number of likely N-dealkylation sites (tertiary alicyclic amines) is 1. The normalized spacial score (nSPS) is 22.5. The number of hydrogen-bond donors (Lipinski definition) is 1. The van der Waals surface area contributed by atoms with Crippen molar-refractivity contribution in [3.05, 3.63) is 24.3 Å². The molecule has 7 heteroatoms. The van der Waals surface area contributed by atoms with Gasteiger partial charge in [-0.1, -0.05) is 12.1 Å². The third-order valence-electron chi connectivity index (χ3n) is 4.24. The molecular formula is C19H26N2O5. The summed E-state index contributed by atoms with van der Waals surface area (Å²) in [5.41, 5.74) is -0.547. The first-order valence-corrected chi connectivity index (χ1v) is 8.98. The van der Waals surface area contributed by atoms with Crippen LogP contribution in [0.1, 0.15) is 33.6 Å². The first kappa shape index (κ1) is 18.4. The molecule has 7 nitrogen and oxygen atoms in total. The number of carbonyl (C=O) groups excluding carboxylic acids is 2. The zero-order valence-corrected chi connectivity index (χ0v) is 15.5. The van der Waals surface area contributed by atoms with E-state index in [1.165, 1.54) is 0 Å². The number of carbonyl (C=O) groups is 2. The SMILES string of the molecule is CC(C)(C)OC(=O)N[C@@H]1CCCN(C(=O)[C@H]2COc3ccccc3O2)C1. The summed E-state index contributed by atoms with van der Waals surface area (Å²) in [4.78, 5) is 26.5. The molecule has 1 saturated heterocycles. The molecule has 0 radical (unpaired) electrons. The zero-order chi connectivity index (χ0) is 18.7. The Kier molecular flexibility index (Phi) is 5.25. The van der Waals surface area contributed by atoms with Crippen LogP contribution in [0.4, 0.5) is 4.79 Å². The first-order chi connectivity index (χ1) is 12.3. The zero-order valence-electron chi connectivity index (χ0n) is 15.5. The molecule has 26 heavy (non-hydrogen) atoms. The quantitative estimate of drug-likeness (QED) is 0.874. The van der Waals surface area contributed by atoms with Crippen LogP contribution in [0, 0.1) is 0 Å². The highest BCUT2D eigenvalue weighted by molar-refractivity contribution is 5.82. The van der Waals surface area contributed by atoms with Gasteiger partial charge in [0.25, 0.3) is 5.91 Å². The maximum absolute atomic E-state index is 12.8. The first-order valence-electron chi connectivity index (χ1n) is 8.98.